The molecule has 0 radical (unpaired) electrons. The summed E-state index contributed by atoms with van der Waals surface area (Å²) in [5.41, 5.74) is 0.650. The fourth-order valence-corrected chi connectivity index (χ4v) is 4.30. The Kier molecular flexibility index (Phi) is 7.16. The number of piperidine rings is 1. The Hall–Kier alpha value is -3.20. The molecule has 1 saturated heterocycles. The van der Waals surface area contributed by atoms with Crippen LogP contribution in [-0.4, -0.2) is 52.6 Å². The number of nitrogens with one attached hydrogen (secondary N) is 1. The predicted molar refractivity (Wildman–Crippen MR) is 121 cm³/mol. The van der Waals surface area contributed by atoms with Crippen molar-refractivity contribution < 1.29 is 18.8 Å². The first-order valence-corrected chi connectivity index (χ1v) is 11.7. The Morgan fingerprint density at radius 3 is 2.69 bits per heavy atom. The molecule has 1 aliphatic heterocycles. The number of benzene rings is 1. The molecule has 3 heterocycles. The van der Waals surface area contributed by atoms with Gasteiger partial charge >= 0.3 is 0 Å². The van der Waals surface area contributed by atoms with Gasteiger partial charge < -0.3 is 19.5 Å². The van der Waals surface area contributed by atoms with Gasteiger partial charge in [0.2, 0.25) is 17.6 Å². The second kappa shape index (κ2) is 10.4. The molecule has 1 N–H and O–H groups in total. The van der Waals surface area contributed by atoms with Gasteiger partial charge in [0, 0.05) is 37.5 Å². The van der Waals surface area contributed by atoms with Crippen LogP contribution < -0.4 is 10.1 Å². The second-order valence-corrected chi connectivity index (χ2v) is 8.53. The van der Waals surface area contributed by atoms with E-state index in [1.807, 2.05) is 41.5 Å². The van der Waals surface area contributed by atoms with E-state index in [9.17, 15) is 9.59 Å². The molecule has 0 bridgehead atoms. The van der Waals surface area contributed by atoms with Crippen LogP contribution in [-0.2, 0) is 11.2 Å². The van der Waals surface area contributed by atoms with Crippen LogP contribution in [0.1, 0.15) is 42.4 Å². The highest BCUT2D eigenvalue weighted by atomic mass is 32.1. The first kappa shape index (κ1) is 22.0. The van der Waals surface area contributed by atoms with Gasteiger partial charge in [-0.1, -0.05) is 11.2 Å². The molecule has 1 fully saturated rings. The van der Waals surface area contributed by atoms with Crippen LogP contribution in [0.5, 0.6) is 5.75 Å². The van der Waals surface area contributed by atoms with Crippen molar-refractivity contribution >= 4 is 23.2 Å². The molecule has 4 rings (SSSR count). The fraction of sp³-hybridized carbons (Fsp3) is 0.391. The van der Waals surface area contributed by atoms with Crippen molar-refractivity contribution in [2.75, 3.05) is 19.7 Å². The molecule has 2 amide bonds. The fourth-order valence-electron chi connectivity index (χ4n) is 3.65. The number of aryl methyl sites for hydroxylation is 1. The summed E-state index contributed by atoms with van der Waals surface area (Å²) in [5.74, 6) is 1.74. The van der Waals surface area contributed by atoms with E-state index in [1.165, 1.54) is 0 Å². The van der Waals surface area contributed by atoms with Gasteiger partial charge in [0.05, 0.1) is 11.5 Å². The Morgan fingerprint density at radius 2 is 2.00 bits per heavy atom. The number of hydrogen-bond acceptors (Lipinski definition) is 7. The maximum atomic E-state index is 12.7. The topological polar surface area (TPSA) is 97.6 Å². The zero-order valence-electron chi connectivity index (χ0n) is 18.0. The maximum absolute atomic E-state index is 12.7. The number of carbonyl (C=O) groups is 2. The number of aromatic nitrogens is 2. The third kappa shape index (κ3) is 5.53. The molecular weight excluding hydrogens is 428 g/mol. The Morgan fingerprint density at radius 1 is 1.22 bits per heavy atom. The Labute approximate surface area is 190 Å². The number of rotatable bonds is 8. The normalized spacial score (nSPS) is 14.3. The van der Waals surface area contributed by atoms with Crippen LogP contribution in [0.3, 0.4) is 0 Å². The molecule has 2 aromatic heterocycles. The number of likely N-dealkylation sites (tertiary alicyclic amines) is 1. The van der Waals surface area contributed by atoms with Crippen molar-refractivity contribution in [3.8, 4) is 16.5 Å². The molecule has 8 nitrogen and oxygen atoms in total. The zero-order chi connectivity index (χ0) is 22.3. The van der Waals surface area contributed by atoms with Gasteiger partial charge in [0.15, 0.2) is 0 Å². The molecule has 168 valence electrons. The maximum Gasteiger partial charge on any atom is 0.253 e. The van der Waals surface area contributed by atoms with Crippen LogP contribution in [0.4, 0.5) is 0 Å². The van der Waals surface area contributed by atoms with Crippen LogP contribution in [0.15, 0.2) is 46.3 Å². The lowest BCUT2D eigenvalue weighted by molar-refractivity contribution is -0.122. The summed E-state index contributed by atoms with van der Waals surface area (Å²) >= 11 is 1.54. The molecule has 0 unspecified atom stereocenters. The third-order valence-corrected chi connectivity index (χ3v) is 6.20. The largest absolute Gasteiger partial charge is 0.494 e. The molecule has 9 heteroatoms. The summed E-state index contributed by atoms with van der Waals surface area (Å²) < 4.78 is 10.7. The SMILES string of the molecule is CCOc1ccc(C(=O)N2CCC(NC(=O)CCc3nc(-c4cccs4)no3)CC2)cc1. The predicted octanol–water partition coefficient (Wildman–Crippen LogP) is 3.55. The number of hydrogen-bond donors (Lipinski definition) is 1. The van der Waals surface area contributed by atoms with Gasteiger partial charge in [0.1, 0.15) is 5.75 Å². The molecular formula is C23H26N4O4S. The zero-order valence-corrected chi connectivity index (χ0v) is 18.8. The second-order valence-electron chi connectivity index (χ2n) is 7.58. The lowest BCUT2D eigenvalue weighted by atomic mass is 10.0. The monoisotopic (exact) mass is 454 g/mol. The summed E-state index contributed by atoms with van der Waals surface area (Å²) in [6, 6.07) is 11.1. The van der Waals surface area contributed by atoms with E-state index in [1.54, 1.807) is 23.5 Å². The van der Waals surface area contributed by atoms with E-state index in [0.717, 1.165) is 23.5 Å². The van der Waals surface area contributed by atoms with E-state index in [2.05, 4.69) is 15.5 Å². The molecule has 0 saturated carbocycles. The average Bonchev–Trinajstić information content (AvgIpc) is 3.51. The molecule has 0 atom stereocenters. The van der Waals surface area contributed by atoms with E-state index >= 15 is 0 Å². The highest BCUT2D eigenvalue weighted by molar-refractivity contribution is 7.13. The van der Waals surface area contributed by atoms with Crippen molar-refractivity contribution in [3.63, 3.8) is 0 Å². The lowest BCUT2D eigenvalue weighted by Gasteiger charge is -2.32. The smallest absolute Gasteiger partial charge is 0.253 e. The van der Waals surface area contributed by atoms with Gasteiger partial charge in [-0.2, -0.15) is 4.98 Å². The van der Waals surface area contributed by atoms with Crippen LogP contribution in [0.2, 0.25) is 0 Å². The number of thiophene rings is 1. The summed E-state index contributed by atoms with van der Waals surface area (Å²) in [6.45, 7) is 3.75. The first-order valence-electron chi connectivity index (χ1n) is 10.8. The standard InChI is InChI=1S/C23H26N4O4S/c1-2-30-18-7-5-16(6-8-18)23(29)27-13-11-17(12-14-27)24-20(28)9-10-21-25-22(26-31-21)19-4-3-15-32-19/h3-8,15,17H,2,9-14H2,1H3,(H,24,28). The number of ether oxygens (including phenoxy) is 1. The van der Waals surface area contributed by atoms with Crippen molar-refractivity contribution in [2.24, 2.45) is 0 Å². The van der Waals surface area contributed by atoms with Crippen LogP contribution in [0, 0.1) is 0 Å². The highest BCUT2D eigenvalue weighted by Gasteiger charge is 2.24. The minimum Gasteiger partial charge on any atom is -0.494 e. The molecule has 3 aromatic rings. The lowest BCUT2D eigenvalue weighted by Crippen LogP contribution is -2.46. The third-order valence-electron chi connectivity index (χ3n) is 5.34. The Bertz CT molecular complexity index is 1020. The van der Waals surface area contributed by atoms with Crippen molar-refractivity contribution in [1.29, 1.82) is 0 Å². The molecule has 0 spiro atoms. The van der Waals surface area contributed by atoms with Gasteiger partial charge in [-0.15, -0.1) is 11.3 Å². The van der Waals surface area contributed by atoms with Crippen molar-refractivity contribution in [2.45, 2.75) is 38.6 Å². The molecule has 1 aromatic carbocycles. The average molecular weight is 455 g/mol. The number of nitrogens with zero attached hydrogens (tertiary/aromatic N) is 3. The number of carbonyl (C=O) groups excluding carboxylic acids is 2. The first-order chi connectivity index (χ1) is 15.6. The quantitative estimate of drug-likeness (QED) is 0.559. The summed E-state index contributed by atoms with van der Waals surface area (Å²) in [6.07, 6.45) is 2.16. The van der Waals surface area contributed by atoms with Crippen molar-refractivity contribution in [1.82, 2.24) is 20.4 Å². The van der Waals surface area contributed by atoms with Gasteiger partial charge in [-0.05, 0) is 55.5 Å². The molecule has 32 heavy (non-hydrogen) atoms. The summed E-state index contributed by atoms with van der Waals surface area (Å²) in [7, 11) is 0. The molecule has 0 aliphatic carbocycles. The Balaban J connectivity index is 1.20. The van der Waals surface area contributed by atoms with Gasteiger partial charge in [-0.3, -0.25) is 9.59 Å². The van der Waals surface area contributed by atoms with E-state index in [-0.39, 0.29) is 24.3 Å². The van der Waals surface area contributed by atoms with E-state index in [4.69, 9.17) is 9.26 Å². The van der Waals surface area contributed by atoms with E-state index in [0.29, 0.717) is 43.4 Å². The van der Waals surface area contributed by atoms with Crippen molar-refractivity contribution in [3.05, 3.63) is 53.2 Å². The van der Waals surface area contributed by atoms with Gasteiger partial charge in [0.25, 0.3) is 5.91 Å². The van der Waals surface area contributed by atoms with E-state index < -0.39 is 0 Å². The minimum absolute atomic E-state index is 0.00997. The molecule has 1 aliphatic rings. The summed E-state index contributed by atoms with van der Waals surface area (Å²) in [4.78, 5) is 32.2. The van der Waals surface area contributed by atoms with Gasteiger partial charge in [-0.25, -0.2) is 0 Å². The minimum atomic E-state index is -0.0443. The summed E-state index contributed by atoms with van der Waals surface area (Å²) in [5, 5.41) is 8.98. The van der Waals surface area contributed by atoms with Crippen LogP contribution in [0.25, 0.3) is 10.7 Å². The van der Waals surface area contributed by atoms with Crippen LogP contribution >= 0.6 is 11.3 Å². The highest BCUT2D eigenvalue weighted by Crippen LogP contribution is 2.22. The number of amides is 2.